The maximum absolute atomic E-state index is 13.7. The predicted molar refractivity (Wildman–Crippen MR) is 142 cm³/mol. The summed E-state index contributed by atoms with van der Waals surface area (Å²) in [6.07, 6.45) is -1.62. The molecule has 2 aliphatic rings. The van der Waals surface area contributed by atoms with Crippen LogP contribution in [0.1, 0.15) is 35.6 Å². The van der Waals surface area contributed by atoms with Gasteiger partial charge in [-0.25, -0.2) is 8.42 Å². The van der Waals surface area contributed by atoms with Crippen molar-refractivity contribution in [1.29, 1.82) is 0 Å². The van der Waals surface area contributed by atoms with Crippen molar-refractivity contribution < 1.29 is 26.3 Å². The highest BCUT2D eigenvalue weighted by Gasteiger charge is 2.51. The van der Waals surface area contributed by atoms with E-state index < -0.39 is 26.7 Å². The van der Waals surface area contributed by atoms with E-state index in [9.17, 15) is 21.6 Å². The Labute approximate surface area is 227 Å². The van der Waals surface area contributed by atoms with Crippen molar-refractivity contribution in [1.82, 2.24) is 19.0 Å². The van der Waals surface area contributed by atoms with Crippen molar-refractivity contribution in [3.8, 4) is 11.1 Å². The van der Waals surface area contributed by atoms with Crippen molar-refractivity contribution >= 4 is 10.0 Å². The van der Waals surface area contributed by atoms with Crippen molar-refractivity contribution in [2.45, 2.75) is 48.8 Å². The normalized spacial score (nSPS) is 23.1. The zero-order valence-corrected chi connectivity index (χ0v) is 23.0. The van der Waals surface area contributed by atoms with Gasteiger partial charge in [0.05, 0.1) is 23.3 Å². The molecule has 2 aliphatic heterocycles. The second-order valence-electron chi connectivity index (χ2n) is 10.3. The van der Waals surface area contributed by atoms with Crippen LogP contribution in [0.5, 0.6) is 0 Å². The van der Waals surface area contributed by atoms with Gasteiger partial charge in [0.15, 0.2) is 0 Å². The number of ether oxygens (including phenoxy) is 1. The molecule has 39 heavy (non-hydrogen) atoms. The molecule has 2 fully saturated rings. The molecule has 3 atom stereocenters. The van der Waals surface area contributed by atoms with E-state index in [0.717, 1.165) is 47.5 Å². The number of aromatic nitrogens is 2. The summed E-state index contributed by atoms with van der Waals surface area (Å²) in [5, 5.41) is 4.33. The lowest BCUT2D eigenvalue weighted by molar-refractivity contribution is -0.139. The third-order valence-electron chi connectivity index (χ3n) is 8.14. The Morgan fingerprint density at radius 1 is 1.05 bits per heavy atom. The molecule has 3 aromatic rings. The molecule has 210 valence electrons. The molecule has 2 saturated heterocycles. The maximum atomic E-state index is 13.7. The first-order valence-corrected chi connectivity index (χ1v) is 14.5. The highest BCUT2D eigenvalue weighted by molar-refractivity contribution is 7.89. The van der Waals surface area contributed by atoms with E-state index in [-0.39, 0.29) is 31.1 Å². The Hall–Kier alpha value is -2.73. The molecule has 1 aromatic heterocycles. The zero-order valence-electron chi connectivity index (χ0n) is 22.2. The number of nitrogens with zero attached hydrogens (tertiary/aromatic N) is 4. The fourth-order valence-corrected chi connectivity index (χ4v) is 7.72. The zero-order chi connectivity index (χ0) is 27.9. The second-order valence-corrected chi connectivity index (χ2v) is 12.2. The Kier molecular flexibility index (Phi) is 7.62. The van der Waals surface area contributed by atoms with Crippen molar-refractivity contribution in [3.63, 3.8) is 0 Å². The van der Waals surface area contributed by atoms with Crippen molar-refractivity contribution in [3.05, 3.63) is 71.5 Å². The minimum atomic E-state index is -4.77. The summed E-state index contributed by atoms with van der Waals surface area (Å²) in [4.78, 5) is 1.56. The summed E-state index contributed by atoms with van der Waals surface area (Å²) in [6.45, 7) is 3.57. The molecule has 1 unspecified atom stereocenters. The van der Waals surface area contributed by atoms with E-state index in [1.54, 1.807) is 7.11 Å². The Bertz CT molecular complexity index is 1420. The molecule has 7 nitrogen and oxygen atoms in total. The lowest BCUT2D eigenvalue weighted by Crippen LogP contribution is -2.68. The first-order valence-electron chi connectivity index (χ1n) is 13.0. The third kappa shape index (κ3) is 5.13. The van der Waals surface area contributed by atoms with Crippen LogP contribution < -0.4 is 0 Å². The molecular weight excluding hydrogens is 529 g/mol. The first-order chi connectivity index (χ1) is 18.5. The van der Waals surface area contributed by atoms with Gasteiger partial charge in [-0.2, -0.15) is 22.6 Å². The highest BCUT2D eigenvalue weighted by atomic mass is 32.2. The molecule has 0 bridgehead atoms. The topological polar surface area (TPSA) is 67.7 Å². The summed E-state index contributed by atoms with van der Waals surface area (Å²) < 4.78 is 77.1. The minimum Gasteiger partial charge on any atom is -0.383 e. The van der Waals surface area contributed by atoms with Crippen LogP contribution >= 0.6 is 0 Å². The Balaban J connectivity index is 1.47. The van der Waals surface area contributed by atoms with Gasteiger partial charge >= 0.3 is 6.18 Å². The van der Waals surface area contributed by atoms with Crippen LogP contribution in [0.15, 0.2) is 59.6 Å². The second kappa shape index (κ2) is 10.7. The van der Waals surface area contributed by atoms with E-state index in [1.807, 2.05) is 37.0 Å². The Morgan fingerprint density at radius 3 is 2.38 bits per heavy atom. The van der Waals surface area contributed by atoms with Crippen LogP contribution in [0.4, 0.5) is 13.2 Å². The number of sulfonamides is 1. The van der Waals surface area contributed by atoms with Gasteiger partial charge in [0.2, 0.25) is 10.0 Å². The summed E-state index contributed by atoms with van der Waals surface area (Å²) in [5.74, 6) is -0.0253. The Morgan fingerprint density at radius 2 is 1.74 bits per heavy atom. The van der Waals surface area contributed by atoms with Gasteiger partial charge < -0.3 is 4.74 Å². The van der Waals surface area contributed by atoms with Gasteiger partial charge in [-0.05, 0) is 49.6 Å². The average Bonchev–Trinajstić information content (AvgIpc) is 3.22. The molecule has 5 rings (SSSR count). The monoisotopic (exact) mass is 562 g/mol. The standard InChI is InChI=1S/C28H33F3N4O3S/c1-19-22(16-32-33(19)2)20-10-12-21(13-11-20)27-24-17-34(14-6-7-15-35(24)25(27)18-38-3)39(36,37)26-9-5-4-8-23(26)28(29,30)31/h4-5,8-13,16,24-25,27H,6-7,14-15,17-18H2,1-3H3/t24-,25+,27?/m0/s1. The van der Waals surface area contributed by atoms with Crippen LogP contribution in [-0.2, 0) is 28.0 Å². The lowest BCUT2D eigenvalue weighted by Gasteiger charge is -2.57. The van der Waals surface area contributed by atoms with E-state index in [2.05, 4.69) is 22.1 Å². The number of halogens is 3. The molecule has 0 radical (unpaired) electrons. The fourth-order valence-electron chi connectivity index (χ4n) is 6.01. The first kappa shape index (κ1) is 27.8. The van der Waals surface area contributed by atoms with Crippen molar-refractivity contribution in [2.75, 3.05) is 33.4 Å². The van der Waals surface area contributed by atoms with Crippen LogP contribution in [0, 0.1) is 6.92 Å². The molecule has 2 aromatic carbocycles. The molecule has 11 heteroatoms. The van der Waals surface area contributed by atoms with Crippen LogP contribution in [0.2, 0.25) is 0 Å². The van der Waals surface area contributed by atoms with E-state index in [1.165, 1.54) is 16.4 Å². The number of fused-ring (bicyclic) bond motifs is 1. The van der Waals surface area contributed by atoms with Crippen LogP contribution in [-0.4, -0.2) is 72.8 Å². The molecule has 0 N–H and O–H groups in total. The summed E-state index contributed by atoms with van der Waals surface area (Å²) >= 11 is 0. The molecule has 3 heterocycles. The van der Waals surface area contributed by atoms with E-state index >= 15 is 0 Å². The summed E-state index contributed by atoms with van der Waals surface area (Å²) in [6, 6.07) is 12.5. The molecule has 0 aliphatic carbocycles. The van der Waals surface area contributed by atoms with Gasteiger partial charge in [-0.1, -0.05) is 36.4 Å². The maximum Gasteiger partial charge on any atom is 0.417 e. The van der Waals surface area contributed by atoms with Gasteiger partial charge in [-0.3, -0.25) is 9.58 Å². The lowest BCUT2D eigenvalue weighted by atomic mass is 9.74. The van der Waals surface area contributed by atoms with Crippen LogP contribution in [0.3, 0.4) is 0 Å². The van der Waals surface area contributed by atoms with E-state index in [0.29, 0.717) is 13.0 Å². The quantitative estimate of drug-likeness (QED) is 0.437. The fraction of sp³-hybridized carbons (Fsp3) is 0.464. The summed E-state index contributed by atoms with van der Waals surface area (Å²) in [5.41, 5.74) is 3.05. The number of aryl methyl sites for hydroxylation is 1. The van der Waals surface area contributed by atoms with Gasteiger partial charge in [0, 0.05) is 56.5 Å². The number of benzene rings is 2. The van der Waals surface area contributed by atoms with Gasteiger partial charge in [0.25, 0.3) is 0 Å². The number of methoxy groups -OCH3 is 1. The number of rotatable bonds is 6. The largest absolute Gasteiger partial charge is 0.417 e. The molecular formula is C28H33F3N4O3S. The van der Waals surface area contributed by atoms with Gasteiger partial charge in [0.1, 0.15) is 0 Å². The third-order valence-corrected chi connectivity index (χ3v) is 10.1. The number of hydrogen-bond donors (Lipinski definition) is 0. The van der Waals surface area contributed by atoms with Gasteiger partial charge in [-0.15, -0.1) is 0 Å². The number of hydrogen-bond acceptors (Lipinski definition) is 5. The SMILES string of the molecule is COC[C@@H]1C(c2ccc(-c3cnn(C)c3C)cc2)[C@@H]2CN(S(=O)(=O)c3ccccc3C(F)(F)F)CCCCN12. The molecule has 0 spiro atoms. The highest BCUT2D eigenvalue weighted by Crippen LogP contribution is 2.44. The van der Waals surface area contributed by atoms with E-state index in [4.69, 9.17) is 4.74 Å². The summed E-state index contributed by atoms with van der Waals surface area (Å²) in [7, 11) is -0.830. The molecule has 0 amide bonds. The van der Waals surface area contributed by atoms with Crippen LogP contribution in [0.25, 0.3) is 11.1 Å². The predicted octanol–water partition coefficient (Wildman–Crippen LogP) is 4.68. The minimum absolute atomic E-state index is 0.0253. The number of alkyl halides is 3. The average molecular weight is 563 g/mol. The molecule has 0 saturated carbocycles. The smallest absolute Gasteiger partial charge is 0.383 e. The van der Waals surface area contributed by atoms with Crippen molar-refractivity contribution in [2.24, 2.45) is 7.05 Å².